The number of hydrogen-bond acceptors (Lipinski definition) is 5. The number of fused-ring (bicyclic) bond motifs is 1. The first-order chi connectivity index (χ1) is 12.8. The van der Waals surface area contributed by atoms with E-state index in [1.807, 2.05) is 6.92 Å². The summed E-state index contributed by atoms with van der Waals surface area (Å²) in [5.74, 6) is 0.502. The van der Waals surface area contributed by atoms with Crippen LogP contribution in [-0.4, -0.2) is 62.7 Å². The summed E-state index contributed by atoms with van der Waals surface area (Å²) in [5, 5.41) is 6.26. The van der Waals surface area contributed by atoms with Gasteiger partial charge in [-0.15, -0.1) is 0 Å². The van der Waals surface area contributed by atoms with Gasteiger partial charge < -0.3 is 25.0 Å². The molecule has 0 saturated heterocycles. The average molecular weight is 377 g/mol. The fourth-order valence-electron chi connectivity index (χ4n) is 2.98. The highest BCUT2D eigenvalue weighted by Gasteiger charge is 2.25. The van der Waals surface area contributed by atoms with Crippen LogP contribution in [0.15, 0.2) is 18.2 Å². The van der Waals surface area contributed by atoms with Gasteiger partial charge >= 0.3 is 0 Å². The van der Waals surface area contributed by atoms with Crippen LogP contribution in [-0.2, 0) is 9.53 Å². The molecule has 1 aliphatic rings. The molecular formula is C20H31N3O4. The van der Waals surface area contributed by atoms with E-state index in [-0.39, 0.29) is 29.9 Å². The van der Waals surface area contributed by atoms with E-state index in [0.29, 0.717) is 36.6 Å². The SMILES string of the molecule is CCC(=O)Nc1ccc2c(c1)OC[C@H](C)NC[C@H](C)[C@@H](OC)CN(C)C2=O. The van der Waals surface area contributed by atoms with Crippen molar-refractivity contribution in [2.75, 3.05) is 39.2 Å². The van der Waals surface area contributed by atoms with Crippen molar-refractivity contribution in [2.45, 2.75) is 39.3 Å². The number of carbonyl (C=O) groups excluding carboxylic acids is 2. The second-order valence-corrected chi connectivity index (χ2v) is 7.17. The quantitative estimate of drug-likeness (QED) is 0.844. The van der Waals surface area contributed by atoms with Crippen LogP contribution >= 0.6 is 0 Å². The van der Waals surface area contributed by atoms with E-state index in [1.165, 1.54) is 0 Å². The maximum absolute atomic E-state index is 13.0. The first kappa shape index (κ1) is 21.2. The summed E-state index contributed by atoms with van der Waals surface area (Å²) in [7, 11) is 3.44. The monoisotopic (exact) mass is 377 g/mol. The second-order valence-electron chi connectivity index (χ2n) is 7.17. The zero-order valence-corrected chi connectivity index (χ0v) is 16.9. The van der Waals surface area contributed by atoms with Gasteiger partial charge in [-0.25, -0.2) is 0 Å². The highest BCUT2D eigenvalue weighted by Crippen LogP contribution is 2.26. The van der Waals surface area contributed by atoms with Gasteiger partial charge in [-0.05, 0) is 25.0 Å². The molecule has 0 saturated carbocycles. The highest BCUT2D eigenvalue weighted by molar-refractivity contribution is 5.98. The number of carbonyl (C=O) groups is 2. The molecule has 0 bridgehead atoms. The Hall–Kier alpha value is -2.12. The Morgan fingerprint density at radius 3 is 2.81 bits per heavy atom. The molecule has 1 aromatic rings. The number of nitrogens with one attached hydrogen (secondary N) is 2. The van der Waals surface area contributed by atoms with Crippen molar-refractivity contribution >= 4 is 17.5 Å². The van der Waals surface area contributed by atoms with E-state index in [4.69, 9.17) is 9.47 Å². The van der Waals surface area contributed by atoms with Gasteiger partial charge in [0.1, 0.15) is 12.4 Å². The maximum Gasteiger partial charge on any atom is 0.257 e. The Labute approximate surface area is 161 Å². The third-order valence-electron chi connectivity index (χ3n) is 4.83. The molecule has 7 heteroatoms. The van der Waals surface area contributed by atoms with Crippen LogP contribution in [0.2, 0.25) is 0 Å². The molecule has 150 valence electrons. The predicted octanol–water partition coefficient (Wildman–Crippen LogP) is 2.13. The minimum absolute atomic E-state index is 0.0643. The van der Waals surface area contributed by atoms with Crippen LogP contribution in [0.1, 0.15) is 37.6 Å². The van der Waals surface area contributed by atoms with Crippen LogP contribution in [0.25, 0.3) is 0 Å². The second kappa shape index (κ2) is 9.71. The third-order valence-corrected chi connectivity index (χ3v) is 4.83. The van der Waals surface area contributed by atoms with Gasteiger partial charge in [0.2, 0.25) is 5.91 Å². The van der Waals surface area contributed by atoms with Gasteiger partial charge in [-0.2, -0.15) is 0 Å². The van der Waals surface area contributed by atoms with Gasteiger partial charge in [0.25, 0.3) is 5.91 Å². The summed E-state index contributed by atoms with van der Waals surface area (Å²) in [6.45, 7) is 7.61. The number of rotatable bonds is 3. The summed E-state index contributed by atoms with van der Waals surface area (Å²) in [6.07, 6.45) is 0.322. The zero-order valence-electron chi connectivity index (χ0n) is 16.9. The Bertz CT molecular complexity index is 665. The number of hydrogen-bond donors (Lipinski definition) is 2. The molecule has 0 fully saturated rings. The lowest BCUT2D eigenvalue weighted by atomic mass is 10.0. The van der Waals surface area contributed by atoms with Crippen LogP contribution in [0.3, 0.4) is 0 Å². The number of anilines is 1. The molecule has 2 rings (SSSR count). The molecule has 3 atom stereocenters. The summed E-state index contributed by atoms with van der Waals surface area (Å²) in [5.41, 5.74) is 1.09. The van der Waals surface area contributed by atoms with Gasteiger partial charge in [-0.1, -0.05) is 13.8 Å². The molecule has 0 radical (unpaired) electrons. The predicted molar refractivity (Wildman–Crippen MR) is 105 cm³/mol. The number of likely N-dealkylation sites (N-methyl/N-ethyl adjacent to an activating group) is 1. The number of ether oxygens (including phenoxy) is 2. The van der Waals surface area contributed by atoms with Crippen molar-refractivity contribution in [1.29, 1.82) is 0 Å². The van der Waals surface area contributed by atoms with Crippen LogP contribution < -0.4 is 15.4 Å². The van der Waals surface area contributed by atoms with Crippen LogP contribution in [0.4, 0.5) is 5.69 Å². The summed E-state index contributed by atoms with van der Waals surface area (Å²) < 4.78 is 11.6. The van der Waals surface area contributed by atoms with E-state index in [9.17, 15) is 9.59 Å². The largest absolute Gasteiger partial charge is 0.491 e. The van der Waals surface area contributed by atoms with E-state index in [0.717, 1.165) is 6.54 Å². The first-order valence-electron chi connectivity index (χ1n) is 9.44. The minimum atomic E-state index is -0.131. The summed E-state index contributed by atoms with van der Waals surface area (Å²) >= 11 is 0. The van der Waals surface area contributed by atoms with Crippen molar-refractivity contribution in [2.24, 2.45) is 5.92 Å². The molecule has 7 nitrogen and oxygen atoms in total. The molecule has 0 spiro atoms. The van der Waals surface area contributed by atoms with Crippen molar-refractivity contribution in [1.82, 2.24) is 10.2 Å². The van der Waals surface area contributed by atoms with Gasteiger partial charge in [-0.3, -0.25) is 9.59 Å². The van der Waals surface area contributed by atoms with Gasteiger partial charge in [0, 0.05) is 51.5 Å². The molecule has 1 aliphatic heterocycles. The number of nitrogens with zero attached hydrogens (tertiary/aromatic N) is 1. The standard InChI is InChI=1S/C20H31N3O4/c1-6-19(24)22-15-7-8-16-17(9-15)27-12-14(3)21-10-13(2)18(26-5)11-23(4)20(16)25/h7-9,13-14,18,21H,6,10-12H2,1-5H3,(H,22,24)/t13-,14-,18-/m0/s1. The average Bonchev–Trinajstić information content (AvgIpc) is 2.67. The molecule has 0 aromatic heterocycles. The molecule has 2 N–H and O–H groups in total. The summed E-state index contributed by atoms with van der Waals surface area (Å²) in [4.78, 5) is 26.3. The lowest BCUT2D eigenvalue weighted by molar-refractivity contribution is -0.115. The lowest BCUT2D eigenvalue weighted by Gasteiger charge is -2.30. The van der Waals surface area contributed by atoms with E-state index in [2.05, 4.69) is 17.6 Å². The Morgan fingerprint density at radius 2 is 2.15 bits per heavy atom. The molecule has 0 unspecified atom stereocenters. The fourth-order valence-corrected chi connectivity index (χ4v) is 2.98. The Balaban J connectivity index is 2.34. The fraction of sp³-hybridized carbons (Fsp3) is 0.600. The van der Waals surface area contributed by atoms with Crippen molar-refractivity contribution in [3.63, 3.8) is 0 Å². The normalized spacial score (nSPS) is 24.3. The topological polar surface area (TPSA) is 79.9 Å². The zero-order chi connectivity index (χ0) is 20.0. The van der Waals surface area contributed by atoms with Gasteiger partial charge in [0.05, 0.1) is 11.7 Å². The summed E-state index contributed by atoms with van der Waals surface area (Å²) in [6, 6.07) is 5.25. The van der Waals surface area contributed by atoms with Crippen molar-refractivity contribution in [3.8, 4) is 5.75 Å². The molecule has 0 aliphatic carbocycles. The molecular weight excluding hydrogens is 346 g/mol. The van der Waals surface area contributed by atoms with Crippen LogP contribution in [0.5, 0.6) is 5.75 Å². The van der Waals surface area contributed by atoms with Crippen LogP contribution in [0, 0.1) is 5.92 Å². The Morgan fingerprint density at radius 1 is 1.41 bits per heavy atom. The highest BCUT2D eigenvalue weighted by atomic mass is 16.5. The molecule has 2 amide bonds. The van der Waals surface area contributed by atoms with E-state index in [1.54, 1.807) is 44.2 Å². The number of methoxy groups -OCH3 is 1. The minimum Gasteiger partial charge on any atom is -0.491 e. The molecule has 1 aromatic carbocycles. The van der Waals surface area contributed by atoms with E-state index < -0.39 is 0 Å². The van der Waals surface area contributed by atoms with Gasteiger partial charge in [0.15, 0.2) is 0 Å². The maximum atomic E-state index is 13.0. The van der Waals surface area contributed by atoms with Crippen molar-refractivity contribution < 1.29 is 19.1 Å². The molecule has 27 heavy (non-hydrogen) atoms. The molecule has 1 heterocycles. The number of amides is 2. The van der Waals surface area contributed by atoms with E-state index >= 15 is 0 Å². The number of benzene rings is 1. The Kier molecular flexibility index (Phi) is 7.62. The lowest BCUT2D eigenvalue weighted by Crippen LogP contribution is -2.44. The third kappa shape index (κ3) is 5.68. The smallest absolute Gasteiger partial charge is 0.257 e. The first-order valence-corrected chi connectivity index (χ1v) is 9.44. The van der Waals surface area contributed by atoms with Crippen molar-refractivity contribution in [3.05, 3.63) is 23.8 Å².